The number of hydrogen-bond donors (Lipinski definition) is 1. The second kappa shape index (κ2) is 9.58. The zero-order valence-corrected chi connectivity index (χ0v) is 17.6. The minimum atomic E-state index is -0.493. The second-order valence-electron chi connectivity index (χ2n) is 5.97. The Morgan fingerprint density at radius 3 is 2.41 bits per heavy atom. The lowest BCUT2D eigenvalue weighted by Crippen LogP contribution is -2.15. The lowest BCUT2D eigenvalue weighted by molar-refractivity contribution is 0.0529. The summed E-state index contributed by atoms with van der Waals surface area (Å²) >= 11 is 7.38. The highest BCUT2D eigenvalue weighted by atomic mass is 35.5. The molecule has 0 aliphatic rings. The van der Waals surface area contributed by atoms with Crippen molar-refractivity contribution in [2.75, 3.05) is 18.5 Å². The monoisotopic (exact) mass is 429 g/mol. The number of halogens is 1. The van der Waals surface area contributed by atoms with Crippen LogP contribution < -0.4 is 10.1 Å². The first-order valence-electron chi connectivity index (χ1n) is 9.12. The SMILES string of the molecule is CCOC(=O)c1c(-c2ccc(OCC)cc2)csc1NC(=O)c1ccccc1Cl. The molecule has 150 valence electrons. The molecular weight excluding hydrogens is 410 g/mol. The van der Waals surface area contributed by atoms with Crippen molar-refractivity contribution in [2.45, 2.75) is 13.8 Å². The average Bonchev–Trinajstić information content (AvgIpc) is 3.13. The summed E-state index contributed by atoms with van der Waals surface area (Å²) < 4.78 is 10.7. The summed E-state index contributed by atoms with van der Waals surface area (Å²) in [6, 6.07) is 14.2. The summed E-state index contributed by atoms with van der Waals surface area (Å²) in [5.74, 6) is -0.134. The Labute approximate surface area is 178 Å². The maximum Gasteiger partial charge on any atom is 0.341 e. The number of ether oxygens (including phenoxy) is 2. The molecule has 0 spiro atoms. The van der Waals surface area contributed by atoms with Crippen LogP contribution in [-0.2, 0) is 4.74 Å². The third kappa shape index (κ3) is 4.78. The van der Waals surface area contributed by atoms with Crippen molar-refractivity contribution in [1.82, 2.24) is 0 Å². The Morgan fingerprint density at radius 1 is 1.03 bits per heavy atom. The van der Waals surface area contributed by atoms with Crippen molar-refractivity contribution in [3.05, 3.63) is 70.1 Å². The van der Waals surface area contributed by atoms with Crippen molar-refractivity contribution >= 4 is 39.8 Å². The van der Waals surface area contributed by atoms with Crippen molar-refractivity contribution in [2.24, 2.45) is 0 Å². The highest BCUT2D eigenvalue weighted by molar-refractivity contribution is 7.15. The van der Waals surface area contributed by atoms with Gasteiger partial charge in [-0.05, 0) is 43.7 Å². The fourth-order valence-electron chi connectivity index (χ4n) is 2.78. The van der Waals surface area contributed by atoms with Crippen LogP contribution in [0, 0.1) is 0 Å². The maximum absolute atomic E-state index is 12.7. The van der Waals surface area contributed by atoms with E-state index in [0.29, 0.717) is 33.3 Å². The average molecular weight is 430 g/mol. The smallest absolute Gasteiger partial charge is 0.341 e. The molecule has 0 atom stereocenters. The number of nitrogens with one attached hydrogen (secondary N) is 1. The molecule has 7 heteroatoms. The van der Waals surface area contributed by atoms with Crippen molar-refractivity contribution < 1.29 is 19.1 Å². The molecule has 0 saturated carbocycles. The third-order valence-electron chi connectivity index (χ3n) is 4.09. The van der Waals surface area contributed by atoms with E-state index in [9.17, 15) is 9.59 Å². The van der Waals surface area contributed by atoms with E-state index in [1.54, 1.807) is 31.2 Å². The van der Waals surface area contributed by atoms with E-state index >= 15 is 0 Å². The van der Waals surface area contributed by atoms with E-state index in [1.807, 2.05) is 36.6 Å². The number of carbonyl (C=O) groups is 2. The number of amides is 1. The van der Waals surface area contributed by atoms with Gasteiger partial charge < -0.3 is 14.8 Å². The number of anilines is 1. The van der Waals surface area contributed by atoms with Gasteiger partial charge in [0.2, 0.25) is 0 Å². The van der Waals surface area contributed by atoms with Gasteiger partial charge >= 0.3 is 5.97 Å². The lowest BCUT2D eigenvalue weighted by atomic mass is 10.0. The Kier molecular flexibility index (Phi) is 6.90. The quantitative estimate of drug-likeness (QED) is 0.475. The predicted molar refractivity (Wildman–Crippen MR) is 116 cm³/mol. The standard InChI is InChI=1S/C22H20ClNO4S/c1-3-27-15-11-9-14(10-12-15)17-13-29-21(19(17)22(26)28-4-2)24-20(25)16-7-5-6-8-18(16)23/h5-13H,3-4H2,1-2H3,(H,24,25). The zero-order chi connectivity index (χ0) is 20.8. The van der Waals surface area contributed by atoms with Crippen LogP contribution in [0.25, 0.3) is 11.1 Å². The second-order valence-corrected chi connectivity index (χ2v) is 7.25. The van der Waals surface area contributed by atoms with E-state index in [1.165, 1.54) is 11.3 Å². The molecule has 29 heavy (non-hydrogen) atoms. The third-order valence-corrected chi connectivity index (χ3v) is 5.32. The summed E-state index contributed by atoms with van der Waals surface area (Å²) in [4.78, 5) is 25.3. The van der Waals surface area contributed by atoms with Gasteiger partial charge in [-0.25, -0.2) is 4.79 Å². The highest BCUT2D eigenvalue weighted by Gasteiger charge is 2.23. The number of hydrogen-bond acceptors (Lipinski definition) is 5. The Bertz CT molecular complexity index is 1010. The molecule has 0 aliphatic heterocycles. The van der Waals surface area contributed by atoms with Crippen LogP contribution in [0.3, 0.4) is 0 Å². The zero-order valence-electron chi connectivity index (χ0n) is 16.0. The van der Waals surface area contributed by atoms with Crippen LogP contribution in [0.5, 0.6) is 5.75 Å². The minimum Gasteiger partial charge on any atom is -0.494 e. The molecule has 2 aromatic carbocycles. The van der Waals surface area contributed by atoms with Crippen molar-refractivity contribution in [3.63, 3.8) is 0 Å². The van der Waals surface area contributed by atoms with Crippen molar-refractivity contribution in [3.8, 4) is 16.9 Å². The van der Waals surface area contributed by atoms with Crippen LogP contribution in [0.2, 0.25) is 5.02 Å². The molecule has 5 nitrogen and oxygen atoms in total. The first-order chi connectivity index (χ1) is 14.0. The van der Waals surface area contributed by atoms with Crippen molar-refractivity contribution in [1.29, 1.82) is 0 Å². The van der Waals surface area contributed by atoms with Gasteiger partial charge in [-0.1, -0.05) is 35.9 Å². The van der Waals surface area contributed by atoms with Crippen LogP contribution in [0.1, 0.15) is 34.6 Å². The highest BCUT2D eigenvalue weighted by Crippen LogP contribution is 2.37. The number of benzene rings is 2. The normalized spacial score (nSPS) is 10.4. The molecule has 0 bridgehead atoms. The molecule has 1 N–H and O–H groups in total. The van der Waals surface area contributed by atoms with E-state index in [-0.39, 0.29) is 12.5 Å². The first-order valence-corrected chi connectivity index (χ1v) is 10.4. The van der Waals surface area contributed by atoms with E-state index in [0.717, 1.165) is 11.3 Å². The van der Waals surface area contributed by atoms with Gasteiger partial charge in [0.25, 0.3) is 5.91 Å². The molecule has 1 heterocycles. The Hall–Kier alpha value is -2.83. The number of esters is 1. The van der Waals surface area contributed by atoms with Gasteiger partial charge in [0.15, 0.2) is 0 Å². The number of carbonyl (C=O) groups excluding carboxylic acids is 2. The van der Waals surface area contributed by atoms with Gasteiger partial charge in [-0.2, -0.15) is 0 Å². The van der Waals surface area contributed by atoms with Crippen LogP contribution in [-0.4, -0.2) is 25.1 Å². The molecule has 0 unspecified atom stereocenters. The van der Waals surface area contributed by atoms with Crippen LogP contribution in [0.15, 0.2) is 53.9 Å². The molecule has 0 aliphatic carbocycles. The summed E-state index contributed by atoms with van der Waals surface area (Å²) in [5, 5.41) is 5.37. The first kappa shape index (κ1) is 20.9. The fourth-order valence-corrected chi connectivity index (χ4v) is 3.96. The lowest BCUT2D eigenvalue weighted by Gasteiger charge is -2.10. The van der Waals surface area contributed by atoms with E-state index in [2.05, 4.69) is 5.32 Å². The number of rotatable bonds is 7. The molecule has 3 aromatic rings. The predicted octanol–water partition coefficient (Wildman–Crippen LogP) is 5.90. The van der Waals surface area contributed by atoms with Gasteiger partial charge in [0.05, 0.1) is 23.8 Å². The van der Waals surface area contributed by atoms with Crippen LogP contribution >= 0.6 is 22.9 Å². The molecule has 3 rings (SSSR count). The minimum absolute atomic E-state index is 0.231. The van der Waals surface area contributed by atoms with Crippen LogP contribution in [0.4, 0.5) is 5.00 Å². The maximum atomic E-state index is 12.7. The van der Waals surface area contributed by atoms with E-state index < -0.39 is 5.97 Å². The van der Waals surface area contributed by atoms with Gasteiger partial charge in [0, 0.05) is 10.9 Å². The largest absolute Gasteiger partial charge is 0.494 e. The molecule has 1 amide bonds. The topological polar surface area (TPSA) is 64.6 Å². The van der Waals surface area contributed by atoms with E-state index in [4.69, 9.17) is 21.1 Å². The molecule has 1 aromatic heterocycles. The summed E-state index contributed by atoms with van der Waals surface area (Å²) in [7, 11) is 0. The van der Waals surface area contributed by atoms with Gasteiger partial charge in [0.1, 0.15) is 16.3 Å². The number of thiophene rings is 1. The summed E-state index contributed by atoms with van der Waals surface area (Å²) in [6.45, 7) is 4.46. The molecule has 0 radical (unpaired) electrons. The summed E-state index contributed by atoms with van der Waals surface area (Å²) in [5.41, 5.74) is 2.17. The Morgan fingerprint density at radius 2 is 1.76 bits per heavy atom. The fraction of sp³-hybridized carbons (Fsp3) is 0.182. The Balaban J connectivity index is 1.96. The molecule has 0 saturated heterocycles. The van der Waals surface area contributed by atoms with Gasteiger partial charge in [-0.3, -0.25) is 4.79 Å². The summed E-state index contributed by atoms with van der Waals surface area (Å²) in [6.07, 6.45) is 0. The molecular formula is C22H20ClNO4S. The van der Waals surface area contributed by atoms with Gasteiger partial charge in [-0.15, -0.1) is 11.3 Å². The molecule has 0 fully saturated rings.